The summed E-state index contributed by atoms with van der Waals surface area (Å²) in [5.74, 6) is 0.199. The molecule has 1 fully saturated rings. The Labute approximate surface area is 151 Å². The van der Waals surface area contributed by atoms with Gasteiger partial charge in [0.25, 0.3) is 0 Å². The van der Waals surface area contributed by atoms with E-state index < -0.39 is 0 Å². The molecule has 1 amide bonds. The molecule has 4 nitrogen and oxygen atoms in total. The van der Waals surface area contributed by atoms with E-state index in [1.807, 2.05) is 27.8 Å². The highest BCUT2D eigenvalue weighted by molar-refractivity contribution is 7.13. The van der Waals surface area contributed by atoms with Crippen LogP contribution in [-0.4, -0.2) is 33.4 Å². The predicted molar refractivity (Wildman–Crippen MR) is 102 cm³/mol. The van der Waals surface area contributed by atoms with Gasteiger partial charge >= 0.3 is 0 Å². The third-order valence-electron chi connectivity index (χ3n) is 4.66. The number of nitrogens with zero attached hydrogens (tertiary/aromatic N) is 3. The maximum Gasteiger partial charge on any atom is 0.242 e. The number of aryl methyl sites for hydroxylation is 1. The van der Waals surface area contributed by atoms with E-state index in [4.69, 9.17) is 4.98 Å². The molecule has 4 rings (SSSR count). The van der Waals surface area contributed by atoms with Crippen molar-refractivity contribution in [2.45, 2.75) is 26.3 Å². The number of benzene rings is 1. The molecule has 1 saturated heterocycles. The quantitative estimate of drug-likeness (QED) is 0.706. The Bertz CT molecular complexity index is 872. The van der Waals surface area contributed by atoms with Crippen LogP contribution in [0.4, 0.5) is 0 Å². The van der Waals surface area contributed by atoms with Gasteiger partial charge < -0.3 is 9.47 Å². The van der Waals surface area contributed by atoms with Crippen molar-refractivity contribution < 1.29 is 4.79 Å². The Kier molecular flexibility index (Phi) is 4.40. The smallest absolute Gasteiger partial charge is 0.242 e. The normalized spacial score (nSPS) is 14.2. The van der Waals surface area contributed by atoms with E-state index in [1.54, 1.807) is 11.3 Å². The van der Waals surface area contributed by atoms with Crippen molar-refractivity contribution in [2.75, 3.05) is 13.1 Å². The molecular weight excluding hydrogens is 330 g/mol. The first-order valence-corrected chi connectivity index (χ1v) is 9.54. The van der Waals surface area contributed by atoms with Crippen LogP contribution >= 0.6 is 11.3 Å². The lowest BCUT2D eigenvalue weighted by Gasteiger charge is -2.16. The molecule has 0 spiro atoms. The predicted octanol–water partition coefficient (Wildman–Crippen LogP) is 4.21. The molecule has 0 unspecified atom stereocenters. The van der Waals surface area contributed by atoms with Crippen LogP contribution in [0, 0.1) is 6.92 Å². The third-order valence-corrected chi connectivity index (χ3v) is 5.53. The minimum absolute atomic E-state index is 0.199. The van der Waals surface area contributed by atoms with Gasteiger partial charge in [0.1, 0.15) is 11.6 Å². The fourth-order valence-electron chi connectivity index (χ4n) is 3.21. The van der Waals surface area contributed by atoms with Crippen molar-refractivity contribution in [2.24, 2.45) is 0 Å². The highest BCUT2D eigenvalue weighted by Crippen LogP contribution is 2.29. The van der Waals surface area contributed by atoms with Crippen LogP contribution in [0.5, 0.6) is 0 Å². The van der Waals surface area contributed by atoms with Gasteiger partial charge in [-0.05, 0) is 31.9 Å². The van der Waals surface area contributed by atoms with Gasteiger partial charge in [0.2, 0.25) is 5.91 Å². The Morgan fingerprint density at radius 1 is 1.16 bits per heavy atom. The van der Waals surface area contributed by atoms with E-state index in [0.29, 0.717) is 6.54 Å². The molecule has 1 aromatic carbocycles. The molecule has 2 aromatic heterocycles. The van der Waals surface area contributed by atoms with Crippen LogP contribution < -0.4 is 0 Å². The van der Waals surface area contributed by atoms with Crippen molar-refractivity contribution in [3.8, 4) is 22.0 Å². The lowest BCUT2D eigenvalue weighted by atomic mass is 10.1. The maximum atomic E-state index is 12.4. The molecule has 0 radical (unpaired) electrons. The topological polar surface area (TPSA) is 38.1 Å². The molecule has 128 valence electrons. The van der Waals surface area contributed by atoms with E-state index in [9.17, 15) is 4.79 Å². The number of thiazole rings is 1. The number of carbonyl (C=O) groups excluding carboxylic acids is 1. The second-order valence-electron chi connectivity index (χ2n) is 6.51. The molecule has 0 saturated carbocycles. The molecule has 5 heteroatoms. The highest BCUT2D eigenvalue weighted by atomic mass is 32.1. The van der Waals surface area contributed by atoms with Crippen LogP contribution in [0.3, 0.4) is 0 Å². The monoisotopic (exact) mass is 351 g/mol. The summed E-state index contributed by atoms with van der Waals surface area (Å²) in [6, 6.07) is 12.4. The summed E-state index contributed by atoms with van der Waals surface area (Å²) in [7, 11) is 0. The van der Waals surface area contributed by atoms with Gasteiger partial charge in [-0.2, -0.15) is 0 Å². The van der Waals surface area contributed by atoms with Crippen molar-refractivity contribution in [1.82, 2.24) is 14.5 Å². The van der Waals surface area contributed by atoms with Crippen molar-refractivity contribution in [3.05, 3.63) is 53.5 Å². The number of hydrogen-bond acceptors (Lipinski definition) is 3. The Balaban J connectivity index is 1.56. The molecule has 0 bridgehead atoms. The first-order valence-electron chi connectivity index (χ1n) is 8.66. The van der Waals surface area contributed by atoms with Crippen LogP contribution in [-0.2, 0) is 11.3 Å². The third kappa shape index (κ3) is 3.37. The maximum absolute atomic E-state index is 12.4. The second-order valence-corrected chi connectivity index (χ2v) is 7.37. The lowest BCUT2D eigenvalue weighted by molar-refractivity contribution is -0.130. The standard InChI is InChI=1S/C20H21N3OS/c1-15-6-8-16(9-7-15)17-14-25-20(21-17)18-5-4-12-23(18)13-19(24)22-10-2-3-11-22/h4-9,12,14H,2-3,10-11,13H2,1H3. The zero-order valence-electron chi connectivity index (χ0n) is 14.3. The van der Waals surface area contributed by atoms with E-state index in [-0.39, 0.29) is 5.91 Å². The zero-order valence-corrected chi connectivity index (χ0v) is 15.1. The average Bonchev–Trinajstić information content (AvgIpc) is 3.36. The number of amides is 1. The summed E-state index contributed by atoms with van der Waals surface area (Å²) in [5, 5.41) is 3.04. The van der Waals surface area contributed by atoms with Crippen molar-refractivity contribution in [1.29, 1.82) is 0 Å². The summed E-state index contributed by atoms with van der Waals surface area (Å²) in [6.07, 6.45) is 4.21. The Hall–Kier alpha value is -2.40. The van der Waals surface area contributed by atoms with Crippen molar-refractivity contribution in [3.63, 3.8) is 0 Å². The number of hydrogen-bond donors (Lipinski definition) is 0. The molecule has 1 aliphatic heterocycles. The molecule has 3 aromatic rings. The Morgan fingerprint density at radius 3 is 2.68 bits per heavy atom. The summed E-state index contributed by atoms with van der Waals surface area (Å²) in [4.78, 5) is 19.2. The first-order chi connectivity index (χ1) is 12.2. The van der Waals surface area contributed by atoms with Gasteiger partial charge in [0.05, 0.1) is 11.4 Å². The van der Waals surface area contributed by atoms with Crippen LogP contribution in [0.1, 0.15) is 18.4 Å². The van der Waals surface area contributed by atoms with E-state index in [2.05, 4.69) is 36.6 Å². The molecule has 25 heavy (non-hydrogen) atoms. The van der Waals surface area contributed by atoms with Gasteiger partial charge in [-0.1, -0.05) is 29.8 Å². The highest BCUT2D eigenvalue weighted by Gasteiger charge is 2.19. The van der Waals surface area contributed by atoms with Crippen molar-refractivity contribution >= 4 is 17.2 Å². The molecular formula is C20H21N3OS. The zero-order chi connectivity index (χ0) is 17.2. The van der Waals surface area contributed by atoms with Gasteiger partial charge in [0, 0.05) is 30.2 Å². The van der Waals surface area contributed by atoms with Crippen LogP contribution in [0.15, 0.2) is 48.0 Å². The minimum atomic E-state index is 0.199. The number of likely N-dealkylation sites (tertiary alicyclic amines) is 1. The van der Waals surface area contributed by atoms with E-state index in [0.717, 1.165) is 47.9 Å². The molecule has 0 N–H and O–H groups in total. The molecule has 1 aliphatic rings. The fraction of sp³-hybridized carbons (Fsp3) is 0.300. The summed E-state index contributed by atoms with van der Waals surface area (Å²) >= 11 is 1.62. The largest absolute Gasteiger partial charge is 0.341 e. The van der Waals surface area contributed by atoms with Gasteiger partial charge in [-0.25, -0.2) is 4.98 Å². The van der Waals surface area contributed by atoms with Gasteiger partial charge in [0.15, 0.2) is 0 Å². The van der Waals surface area contributed by atoms with E-state index in [1.165, 1.54) is 5.56 Å². The summed E-state index contributed by atoms with van der Waals surface area (Å²) in [6.45, 7) is 4.26. The molecule has 0 atom stereocenters. The van der Waals surface area contributed by atoms with Gasteiger partial charge in [-0.15, -0.1) is 11.3 Å². The molecule has 0 aliphatic carbocycles. The SMILES string of the molecule is Cc1ccc(-c2csc(-c3cccn3CC(=O)N3CCCC3)n2)cc1. The summed E-state index contributed by atoms with van der Waals surface area (Å²) < 4.78 is 2.01. The average molecular weight is 351 g/mol. The Morgan fingerprint density at radius 2 is 1.92 bits per heavy atom. The summed E-state index contributed by atoms with van der Waals surface area (Å²) in [5.41, 5.74) is 4.36. The number of carbonyl (C=O) groups is 1. The fourth-order valence-corrected chi connectivity index (χ4v) is 4.08. The number of rotatable bonds is 4. The number of aromatic nitrogens is 2. The lowest BCUT2D eigenvalue weighted by Crippen LogP contribution is -2.31. The molecule has 3 heterocycles. The second kappa shape index (κ2) is 6.84. The van der Waals surface area contributed by atoms with Gasteiger partial charge in [-0.3, -0.25) is 4.79 Å². The van der Waals surface area contributed by atoms with E-state index >= 15 is 0 Å². The van der Waals surface area contributed by atoms with Crippen LogP contribution in [0.25, 0.3) is 22.0 Å². The minimum Gasteiger partial charge on any atom is -0.341 e. The first kappa shape index (κ1) is 16.1. The van der Waals surface area contributed by atoms with Crippen LogP contribution in [0.2, 0.25) is 0 Å².